The second-order valence-electron chi connectivity index (χ2n) is 5.91. The molecule has 0 bridgehead atoms. The Morgan fingerprint density at radius 2 is 2.17 bits per heavy atom. The Balaban J connectivity index is 1.58. The molecule has 0 radical (unpaired) electrons. The molecule has 1 fully saturated rings. The van der Waals surface area contributed by atoms with Gasteiger partial charge in [0.2, 0.25) is 5.91 Å². The molecule has 2 aromatic heterocycles. The number of carbonyl (C=O) groups is 1. The van der Waals surface area contributed by atoms with Gasteiger partial charge in [-0.2, -0.15) is 0 Å². The Kier molecular flexibility index (Phi) is 4.80. The normalized spacial score (nSPS) is 17.8. The van der Waals surface area contributed by atoms with Crippen molar-refractivity contribution in [2.75, 3.05) is 18.4 Å². The Hall–Kier alpha value is -2.50. The van der Waals surface area contributed by atoms with Gasteiger partial charge in [0.25, 0.3) is 0 Å². The van der Waals surface area contributed by atoms with Crippen molar-refractivity contribution < 1.29 is 4.79 Å². The molecule has 1 atom stereocenters. The number of anilines is 2. The van der Waals surface area contributed by atoms with Crippen LogP contribution in [-0.2, 0) is 11.2 Å². The van der Waals surface area contributed by atoms with Gasteiger partial charge in [-0.15, -0.1) is 0 Å². The number of likely N-dealkylation sites (tertiary alicyclic amines) is 1. The van der Waals surface area contributed by atoms with Crippen LogP contribution in [0.3, 0.4) is 0 Å². The summed E-state index contributed by atoms with van der Waals surface area (Å²) in [6.07, 6.45) is 8.33. The summed E-state index contributed by atoms with van der Waals surface area (Å²) >= 11 is 0. The molecular weight excluding hydrogens is 290 g/mol. The van der Waals surface area contributed by atoms with Gasteiger partial charge in [0, 0.05) is 26.2 Å². The lowest BCUT2D eigenvalue weighted by Gasteiger charge is -2.31. The highest BCUT2D eigenvalue weighted by molar-refractivity contribution is 5.73. The highest BCUT2D eigenvalue weighted by atomic mass is 16.2. The number of nitrogens with one attached hydrogen (secondary N) is 1. The average molecular weight is 311 g/mol. The Bertz CT molecular complexity index is 644. The molecule has 1 aliphatic rings. The summed E-state index contributed by atoms with van der Waals surface area (Å²) in [6, 6.07) is 5.67. The third kappa shape index (κ3) is 4.25. The van der Waals surface area contributed by atoms with E-state index in [0.717, 1.165) is 43.9 Å². The van der Waals surface area contributed by atoms with Crippen molar-refractivity contribution in [2.45, 2.75) is 26.2 Å². The van der Waals surface area contributed by atoms with E-state index in [1.54, 1.807) is 25.5 Å². The first-order valence-electron chi connectivity index (χ1n) is 7.95. The van der Waals surface area contributed by atoms with Gasteiger partial charge in [-0.25, -0.2) is 9.97 Å². The first-order valence-corrected chi connectivity index (χ1v) is 7.95. The van der Waals surface area contributed by atoms with Crippen molar-refractivity contribution in [3.63, 3.8) is 0 Å². The molecule has 0 aliphatic carbocycles. The summed E-state index contributed by atoms with van der Waals surface area (Å²) in [4.78, 5) is 26.5. The summed E-state index contributed by atoms with van der Waals surface area (Å²) in [5, 5.41) is 3.12. The predicted octanol–water partition coefficient (Wildman–Crippen LogP) is 2.42. The van der Waals surface area contributed by atoms with E-state index in [0.29, 0.717) is 11.7 Å². The molecule has 1 saturated heterocycles. The molecule has 0 unspecified atom stereocenters. The zero-order valence-corrected chi connectivity index (χ0v) is 13.3. The molecule has 0 aromatic carbocycles. The summed E-state index contributed by atoms with van der Waals surface area (Å²) in [6.45, 7) is 3.34. The van der Waals surface area contributed by atoms with Gasteiger partial charge in [-0.05, 0) is 37.3 Å². The Morgan fingerprint density at radius 3 is 2.87 bits per heavy atom. The number of rotatable bonds is 4. The van der Waals surface area contributed by atoms with Crippen molar-refractivity contribution in [3.8, 4) is 0 Å². The van der Waals surface area contributed by atoms with Crippen molar-refractivity contribution in [2.24, 2.45) is 5.92 Å². The first-order chi connectivity index (χ1) is 11.2. The standard InChI is InChI=1S/C17H21N5O/c1-13(23)22-8-4-5-14(12-22)9-15-10-20-17(11-19-15)21-16-6-2-3-7-18-16/h2-3,6-7,10-11,14H,4-5,8-9,12H2,1H3,(H,18,20,21)/t14-/m1/s1. The van der Waals surface area contributed by atoms with Gasteiger partial charge in [0.1, 0.15) is 11.6 Å². The molecule has 1 aliphatic heterocycles. The van der Waals surface area contributed by atoms with Gasteiger partial charge in [0.05, 0.1) is 18.1 Å². The zero-order chi connectivity index (χ0) is 16.1. The fourth-order valence-electron chi connectivity index (χ4n) is 2.91. The molecule has 1 amide bonds. The van der Waals surface area contributed by atoms with Crippen LogP contribution >= 0.6 is 0 Å². The topological polar surface area (TPSA) is 71.0 Å². The summed E-state index contributed by atoms with van der Waals surface area (Å²) in [7, 11) is 0. The van der Waals surface area contributed by atoms with Crippen molar-refractivity contribution in [1.82, 2.24) is 19.9 Å². The Morgan fingerprint density at radius 1 is 1.26 bits per heavy atom. The SMILES string of the molecule is CC(=O)N1CCC[C@H](Cc2cnc(Nc3ccccn3)cn2)C1. The maximum atomic E-state index is 11.5. The van der Waals surface area contributed by atoms with Crippen LogP contribution < -0.4 is 5.32 Å². The van der Waals surface area contributed by atoms with Crippen molar-refractivity contribution >= 4 is 17.5 Å². The van der Waals surface area contributed by atoms with Gasteiger partial charge >= 0.3 is 0 Å². The van der Waals surface area contributed by atoms with E-state index in [1.807, 2.05) is 23.1 Å². The molecule has 120 valence electrons. The minimum atomic E-state index is 0.163. The lowest BCUT2D eigenvalue weighted by molar-refractivity contribution is -0.130. The second-order valence-corrected chi connectivity index (χ2v) is 5.91. The molecule has 2 aromatic rings. The highest BCUT2D eigenvalue weighted by Crippen LogP contribution is 2.20. The smallest absolute Gasteiger partial charge is 0.219 e. The quantitative estimate of drug-likeness (QED) is 0.939. The van der Waals surface area contributed by atoms with Gasteiger partial charge < -0.3 is 10.2 Å². The van der Waals surface area contributed by atoms with E-state index in [4.69, 9.17) is 0 Å². The molecular formula is C17H21N5O. The summed E-state index contributed by atoms with van der Waals surface area (Å²) < 4.78 is 0. The zero-order valence-electron chi connectivity index (χ0n) is 13.3. The predicted molar refractivity (Wildman–Crippen MR) is 88.2 cm³/mol. The maximum absolute atomic E-state index is 11.5. The molecule has 23 heavy (non-hydrogen) atoms. The van der Waals surface area contributed by atoms with Gasteiger partial charge in [-0.1, -0.05) is 6.07 Å². The number of hydrogen-bond donors (Lipinski definition) is 1. The van der Waals surface area contributed by atoms with Crippen LogP contribution in [-0.4, -0.2) is 38.8 Å². The largest absolute Gasteiger partial charge is 0.343 e. The third-order valence-electron chi connectivity index (χ3n) is 4.09. The monoisotopic (exact) mass is 311 g/mol. The van der Waals surface area contributed by atoms with E-state index < -0.39 is 0 Å². The first kappa shape index (κ1) is 15.4. The molecule has 3 rings (SSSR count). The van der Waals surface area contributed by atoms with E-state index in [9.17, 15) is 4.79 Å². The number of pyridine rings is 1. The Labute approximate surface area is 136 Å². The molecule has 0 spiro atoms. The van der Waals surface area contributed by atoms with Crippen LogP contribution in [0.4, 0.5) is 11.6 Å². The minimum absolute atomic E-state index is 0.163. The number of nitrogens with zero attached hydrogens (tertiary/aromatic N) is 4. The van der Waals surface area contributed by atoms with E-state index >= 15 is 0 Å². The highest BCUT2D eigenvalue weighted by Gasteiger charge is 2.22. The maximum Gasteiger partial charge on any atom is 0.219 e. The van der Waals surface area contributed by atoms with Crippen LogP contribution in [0.25, 0.3) is 0 Å². The summed E-state index contributed by atoms with van der Waals surface area (Å²) in [5.41, 5.74) is 0.965. The van der Waals surface area contributed by atoms with E-state index in [2.05, 4.69) is 20.3 Å². The molecule has 0 saturated carbocycles. The fourth-order valence-corrected chi connectivity index (χ4v) is 2.91. The van der Waals surface area contributed by atoms with E-state index in [-0.39, 0.29) is 5.91 Å². The van der Waals surface area contributed by atoms with Crippen LogP contribution in [0.15, 0.2) is 36.8 Å². The molecule has 1 N–H and O–H groups in total. The van der Waals surface area contributed by atoms with Crippen molar-refractivity contribution in [1.29, 1.82) is 0 Å². The number of piperidine rings is 1. The molecule has 6 heteroatoms. The number of aromatic nitrogens is 3. The number of carbonyl (C=O) groups excluding carboxylic acids is 1. The summed E-state index contributed by atoms with van der Waals surface area (Å²) in [5.74, 6) is 2.06. The van der Waals surface area contributed by atoms with Crippen LogP contribution in [0.2, 0.25) is 0 Å². The number of amides is 1. The lowest BCUT2D eigenvalue weighted by atomic mass is 9.93. The van der Waals surface area contributed by atoms with Crippen molar-refractivity contribution in [3.05, 3.63) is 42.5 Å². The second kappa shape index (κ2) is 7.17. The third-order valence-corrected chi connectivity index (χ3v) is 4.09. The minimum Gasteiger partial charge on any atom is -0.343 e. The van der Waals surface area contributed by atoms with Gasteiger partial charge in [0.15, 0.2) is 0 Å². The fraction of sp³-hybridized carbons (Fsp3) is 0.412. The van der Waals surface area contributed by atoms with Crippen LogP contribution in [0, 0.1) is 5.92 Å². The molecule has 3 heterocycles. The lowest BCUT2D eigenvalue weighted by Crippen LogP contribution is -2.39. The van der Waals surface area contributed by atoms with Crippen LogP contribution in [0.1, 0.15) is 25.5 Å². The van der Waals surface area contributed by atoms with Gasteiger partial charge in [-0.3, -0.25) is 9.78 Å². The molecule has 6 nitrogen and oxygen atoms in total. The van der Waals surface area contributed by atoms with Crippen LogP contribution in [0.5, 0.6) is 0 Å². The average Bonchev–Trinajstić information content (AvgIpc) is 2.58. The van der Waals surface area contributed by atoms with E-state index in [1.165, 1.54) is 0 Å². The number of hydrogen-bond acceptors (Lipinski definition) is 5.